The Morgan fingerprint density at radius 3 is 2.69 bits per heavy atom. The monoisotopic (exact) mass is 496 g/mol. The molecule has 4 aliphatic carbocycles. The van der Waals surface area contributed by atoms with Crippen LogP contribution in [0.2, 0.25) is 0 Å². The lowest BCUT2D eigenvalue weighted by atomic mass is 9.45. The second-order valence-corrected chi connectivity index (χ2v) is 14.2. The van der Waals surface area contributed by atoms with Crippen LogP contribution in [-0.2, 0) is 19.1 Å². The molecule has 0 aromatic heterocycles. The second-order valence-electron chi connectivity index (χ2n) is 14.2. The summed E-state index contributed by atoms with van der Waals surface area (Å²) in [5, 5.41) is 0. The summed E-state index contributed by atoms with van der Waals surface area (Å²) in [5.41, 5.74) is 2.14. The van der Waals surface area contributed by atoms with Crippen LogP contribution < -0.4 is 0 Å². The Kier molecular flexibility index (Phi) is 6.74. The van der Waals surface area contributed by atoms with Crippen molar-refractivity contribution < 1.29 is 19.1 Å². The quantitative estimate of drug-likeness (QED) is 0.296. The Morgan fingerprint density at radius 2 is 1.94 bits per heavy atom. The third-order valence-electron chi connectivity index (χ3n) is 11.8. The van der Waals surface area contributed by atoms with Crippen molar-refractivity contribution in [1.82, 2.24) is 0 Å². The number of allylic oxidation sites excluding steroid dienone is 3. The van der Waals surface area contributed by atoms with E-state index in [4.69, 9.17) is 9.47 Å². The average Bonchev–Trinajstić information content (AvgIpc) is 3.23. The number of hydrogen-bond donors (Lipinski definition) is 0. The maximum absolute atomic E-state index is 13.0. The minimum absolute atomic E-state index is 0.00921. The van der Waals surface area contributed by atoms with Gasteiger partial charge in [0.1, 0.15) is 6.10 Å². The van der Waals surface area contributed by atoms with Gasteiger partial charge in [0, 0.05) is 5.41 Å². The van der Waals surface area contributed by atoms with Gasteiger partial charge in [0.15, 0.2) is 0 Å². The molecule has 0 amide bonds. The van der Waals surface area contributed by atoms with Crippen LogP contribution in [-0.4, -0.2) is 24.6 Å². The number of esters is 2. The molecule has 4 fully saturated rings. The Balaban J connectivity index is 1.23. The zero-order chi connectivity index (χ0) is 25.9. The number of carbonyl (C=O) groups excluding carboxylic acids is 2. The Hall–Kier alpha value is -1.58. The van der Waals surface area contributed by atoms with Crippen LogP contribution >= 0.6 is 0 Å². The van der Waals surface area contributed by atoms with Gasteiger partial charge in [0.2, 0.25) is 0 Å². The van der Waals surface area contributed by atoms with E-state index >= 15 is 0 Å². The number of carbonyl (C=O) groups is 2. The summed E-state index contributed by atoms with van der Waals surface area (Å²) in [6.45, 7) is 16.1. The first-order valence-electron chi connectivity index (χ1n) is 14.7. The summed E-state index contributed by atoms with van der Waals surface area (Å²) in [7, 11) is 0. The summed E-state index contributed by atoms with van der Waals surface area (Å²) in [6, 6.07) is 0. The van der Waals surface area contributed by atoms with Crippen molar-refractivity contribution in [2.75, 3.05) is 6.61 Å². The van der Waals surface area contributed by atoms with Gasteiger partial charge < -0.3 is 9.47 Å². The molecule has 0 aromatic rings. The third-order valence-corrected chi connectivity index (χ3v) is 11.8. The molecule has 0 N–H and O–H groups in total. The Morgan fingerprint density at radius 1 is 1.17 bits per heavy atom. The molecule has 0 unspecified atom stereocenters. The van der Waals surface area contributed by atoms with E-state index in [2.05, 4.69) is 53.3 Å². The van der Waals surface area contributed by atoms with Crippen LogP contribution in [0.15, 0.2) is 24.3 Å². The molecule has 5 aliphatic rings. The molecule has 1 saturated heterocycles. The summed E-state index contributed by atoms with van der Waals surface area (Å²) >= 11 is 0. The average molecular weight is 497 g/mol. The molecule has 5 rings (SSSR count). The predicted molar refractivity (Wildman–Crippen MR) is 142 cm³/mol. The Labute approximate surface area is 218 Å². The first-order chi connectivity index (χ1) is 17.0. The lowest BCUT2D eigenvalue weighted by Crippen LogP contribution is -2.52. The lowest BCUT2D eigenvalue weighted by molar-refractivity contribution is -0.177. The number of rotatable bonds is 5. The summed E-state index contributed by atoms with van der Waals surface area (Å²) in [5.74, 6) is 1.83. The van der Waals surface area contributed by atoms with E-state index in [1.165, 1.54) is 25.7 Å². The Bertz CT molecular complexity index is 936. The first-order valence-corrected chi connectivity index (χ1v) is 14.7. The second kappa shape index (κ2) is 9.31. The molecule has 0 radical (unpaired) electrons. The van der Waals surface area contributed by atoms with Gasteiger partial charge in [-0.2, -0.15) is 0 Å². The molecular weight excluding hydrogens is 448 g/mol. The fourth-order valence-corrected chi connectivity index (χ4v) is 9.45. The molecule has 0 bridgehead atoms. The molecule has 0 aromatic carbocycles. The van der Waals surface area contributed by atoms with Crippen LogP contribution in [0, 0.1) is 51.8 Å². The van der Waals surface area contributed by atoms with Gasteiger partial charge in [-0.3, -0.25) is 9.59 Å². The predicted octanol–water partition coefficient (Wildman–Crippen LogP) is 7.28. The van der Waals surface area contributed by atoms with Crippen molar-refractivity contribution in [3.8, 4) is 0 Å². The lowest BCUT2D eigenvalue weighted by Gasteiger charge is -2.59. The summed E-state index contributed by atoms with van der Waals surface area (Å²) in [6.07, 6.45) is 14.9. The van der Waals surface area contributed by atoms with Crippen molar-refractivity contribution in [2.24, 2.45) is 51.8 Å². The van der Waals surface area contributed by atoms with Crippen molar-refractivity contribution in [3.05, 3.63) is 24.3 Å². The fraction of sp³-hybridized carbons (Fsp3) is 0.812. The molecule has 4 nitrogen and oxygen atoms in total. The SMILES string of the molecule is C=C[C@@]1(C)CC[C@H]2C(=CC[C@@H]3[C@](C)(COC(=O)C[C@H]4OC(=O)[C@H]5[C@H](CC[C@@H]5C)[C@H]4C)CCC[C@@]32C)C1. The zero-order valence-corrected chi connectivity index (χ0v) is 23.3. The minimum Gasteiger partial charge on any atom is -0.465 e. The van der Waals surface area contributed by atoms with Gasteiger partial charge in [-0.15, -0.1) is 6.58 Å². The maximum Gasteiger partial charge on any atom is 0.309 e. The van der Waals surface area contributed by atoms with Crippen LogP contribution in [0.3, 0.4) is 0 Å². The van der Waals surface area contributed by atoms with Crippen molar-refractivity contribution >= 4 is 11.9 Å². The molecule has 36 heavy (non-hydrogen) atoms. The summed E-state index contributed by atoms with van der Waals surface area (Å²) < 4.78 is 11.8. The fourth-order valence-electron chi connectivity index (χ4n) is 9.45. The molecular formula is C32H48O4. The van der Waals surface area contributed by atoms with E-state index in [1.54, 1.807) is 5.57 Å². The van der Waals surface area contributed by atoms with Gasteiger partial charge in [0.25, 0.3) is 0 Å². The van der Waals surface area contributed by atoms with Gasteiger partial charge in [-0.25, -0.2) is 0 Å². The van der Waals surface area contributed by atoms with E-state index in [-0.39, 0.29) is 52.5 Å². The zero-order valence-electron chi connectivity index (χ0n) is 23.3. The van der Waals surface area contributed by atoms with Gasteiger partial charge in [-0.1, -0.05) is 58.8 Å². The highest BCUT2D eigenvalue weighted by Gasteiger charge is 2.56. The standard InChI is InChI=1S/C32H48O4/c1-7-30(4)16-13-24-22(18-30)10-12-26-31(5,14-8-15-32(24,26)6)19-35-27(33)17-25-21(3)23-11-9-20(2)28(23)29(34)36-25/h7,10,20-21,23-26,28H,1,8-9,11-19H2,2-6H3/t20-,21+,23+,24-,25+,26+,28+,30-,31-,32+/m0/s1. The van der Waals surface area contributed by atoms with Crippen molar-refractivity contribution in [3.63, 3.8) is 0 Å². The van der Waals surface area contributed by atoms with E-state index in [1.807, 2.05) is 0 Å². The van der Waals surface area contributed by atoms with Crippen LogP contribution in [0.4, 0.5) is 0 Å². The highest BCUT2D eigenvalue weighted by Crippen LogP contribution is 2.63. The van der Waals surface area contributed by atoms with Crippen LogP contribution in [0.25, 0.3) is 0 Å². The molecule has 0 spiro atoms. The number of ether oxygens (including phenoxy) is 2. The van der Waals surface area contributed by atoms with Gasteiger partial charge in [-0.05, 0) is 91.8 Å². The minimum atomic E-state index is -0.345. The first kappa shape index (κ1) is 26.0. The van der Waals surface area contributed by atoms with E-state index in [0.717, 1.165) is 32.1 Å². The molecule has 10 atom stereocenters. The van der Waals surface area contributed by atoms with E-state index in [9.17, 15) is 9.59 Å². The molecule has 1 aliphatic heterocycles. The third kappa shape index (κ3) is 4.29. The maximum atomic E-state index is 13.0. The number of fused-ring (bicyclic) bond motifs is 4. The van der Waals surface area contributed by atoms with Crippen LogP contribution in [0.1, 0.15) is 98.8 Å². The summed E-state index contributed by atoms with van der Waals surface area (Å²) in [4.78, 5) is 25.7. The van der Waals surface area contributed by atoms with Gasteiger partial charge >= 0.3 is 11.9 Å². The normalized spacial score (nSPS) is 48.1. The molecule has 3 saturated carbocycles. The van der Waals surface area contributed by atoms with E-state index in [0.29, 0.717) is 30.3 Å². The molecule has 4 heteroatoms. The largest absolute Gasteiger partial charge is 0.465 e. The molecule has 1 heterocycles. The highest BCUT2D eigenvalue weighted by atomic mass is 16.6. The number of hydrogen-bond acceptors (Lipinski definition) is 4. The number of cyclic esters (lactones) is 1. The van der Waals surface area contributed by atoms with Crippen LogP contribution in [0.5, 0.6) is 0 Å². The van der Waals surface area contributed by atoms with Crippen molar-refractivity contribution in [2.45, 2.75) is 105 Å². The van der Waals surface area contributed by atoms with Gasteiger partial charge in [0.05, 0.1) is 18.9 Å². The highest BCUT2D eigenvalue weighted by molar-refractivity contribution is 5.76. The van der Waals surface area contributed by atoms with E-state index < -0.39 is 0 Å². The topological polar surface area (TPSA) is 52.6 Å². The smallest absolute Gasteiger partial charge is 0.309 e. The molecule has 200 valence electrons. The van der Waals surface area contributed by atoms with Crippen molar-refractivity contribution in [1.29, 1.82) is 0 Å².